The number of unbranched alkanes of at least 4 members (excludes halogenated alkanes) is 12. The molecule has 0 rings (SSSR count). The van der Waals surface area contributed by atoms with Crippen molar-refractivity contribution in [2.45, 2.75) is 96.8 Å². The largest absolute Gasteiger partial charge is 1.00 e. The Bertz CT molecular complexity index is 306. The van der Waals surface area contributed by atoms with Crippen LogP contribution in [0.5, 0.6) is 0 Å². The predicted molar refractivity (Wildman–Crippen MR) is 102 cm³/mol. The maximum absolute atomic E-state index is 8.88. The summed E-state index contributed by atoms with van der Waals surface area (Å²) in [6.45, 7) is 2.64. The fraction of sp³-hybridized carbons (Fsp3) is 0.889. The molecule has 0 radical (unpaired) electrons. The van der Waals surface area contributed by atoms with E-state index in [4.69, 9.17) is 24.4 Å². The number of allylic oxidation sites excluding steroid dienone is 2. The molecule has 0 aliphatic carbocycles. The van der Waals surface area contributed by atoms with Crippen LogP contribution >= 0.6 is 7.82 Å². The summed E-state index contributed by atoms with van der Waals surface area (Å²) in [5.41, 5.74) is 0. The molecule has 5 nitrogen and oxygen atoms in total. The number of rotatable bonds is 15. The average molecular weight is 390 g/mol. The van der Waals surface area contributed by atoms with Crippen LogP contribution in [0.3, 0.4) is 0 Å². The molecule has 0 bridgehead atoms. The van der Waals surface area contributed by atoms with Gasteiger partial charge in [0.25, 0.3) is 0 Å². The number of hydrogen-bond acceptors (Lipinski definition) is 2. The second-order valence-corrected chi connectivity index (χ2v) is 7.20. The standard InChI is InChI=1S/C18H36O.Na.H3O4P.H/c1-2-3-4-5-6-7-8-9-10-11-12-13-14-15-16-17-18-19;;1-5(2,3)4;/h9-10,19H,2-8,11-18H2,1H3;;(H3,1,2,3,4);/q;+1;;-1/b10-9-;;;. The summed E-state index contributed by atoms with van der Waals surface area (Å²) in [6, 6.07) is 0. The number of aliphatic hydroxyl groups excluding tert-OH is 1. The molecule has 7 heteroatoms. The van der Waals surface area contributed by atoms with Crippen molar-refractivity contribution in [1.82, 2.24) is 0 Å². The fourth-order valence-corrected chi connectivity index (χ4v) is 2.36. The van der Waals surface area contributed by atoms with Gasteiger partial charge in [0.15, 0.2) is 0 Å². The maximum Gasteiger partial charge on any atom is 1.00 e. The van der Waals surface area contributed by atoms with E-state index in [1.165, 1.54) is 83.5 Å². The third-order valence-electron chi connectivity index (χ3n) is 3.67. The van der Waals surface area contributed by atoms with Crippen molar-refractivity contribution in [3.05, 3.63) is 12.2 Å². The Kier molecular flexibility index (Phi) is 30.3. The van der Waals surface area contributed by atoms with Gasteiger partial charge in [-0.15, -0.1) is 0 Å². The molecule has 0 aromatic heterocycles. The van der Waals surface area contributed by atoms with Crippen LogP contribution in [0.1, 0.15) is 98.2 Å². The summed E-state index contributed by atoms with van der Waals surface area (Å²) in [4.78, 5) is 21.6. The quantitative estimate of drug-likeness (QED) is 0.149. The molecule has 0 saturated carbocycles. The molecule has 0 heterocycles. The van der Waals surface area contributed by atoms with Crippen molar-refractivity contribution in [3.63, 3.8) is 0 Å². The number of phosphoric acid groups is 1. The van der Waals surface area contributed by atoms with Crippen LogP contribution in [-0.4, -0.2) is 26.4 Å². The Morgan fingerprint density at radius 2 is 1.04 bits per heavy atom. The molecule has 0 unspecified atom stereocenters. The van der Waals surface area contributed by atoms with Gasteiger partial charge in [0, 0.05) is 6.61 Å². The molecule has 148 valence electrons. The van der Waals surface area contributed by atoms with Crippen LogP contribution in [0.4, 0.5) is 0 Å². The van der Waals surface area contributed by atoms with Gasteiger partial charge < -0.3 is 21.2 Å². The van der Waals surface area contributed by atoms with Crippen LogP contribution in [0, 0.1) is 0 Å². The number of hydrogen-bond donors (Lipinski definition) is 4. The Hall–Kier alpha value is 0.810. The van der Waals surface area contributed by atoms with Crippen LogP contribution in [0.25, 0.3) is 0 Å². The van der Waals surface area contributed by atoms with E-state index < -0.39 is 7.82 Å². The van der Waals surface area contributed by atoms with E-state index in [0.29, 0.717) is 6.61 Å². The molecule has 25 heavy (non-hydrogen) atoms. The minimum atomic E-state index is -4.64. The molecule has 0 spiro atoms. The predicted octanol–water partition coefficient (Wildman–Crippen LogP) is 2.20. The third kappa shape index (κ3) is 45.7. The van der Waals surface area contributed by atoms with E-state index in [1.807, 2.05) is 0 Å². The molecule has 0 fully saturated rings. The van der Waals surface area contributed by atoms with Crippen LogP contribution in [-0.2, 0) is 4.57 Å². The summed E-state index contributed by atoms with van der Waals surface area (Å²) >= 11 is 0. The zero-order chi connectivity index (χ0) is 18.5. The minimum Gasteiger partial charge on any atom is -1.00 e. The second kappa shape index (κ2) is 24.8. The van der Waals surface area contributed by atoms with Gasteiger partial charge in [-0.05, 0) is 32.1 Å². The Morgan fingerprint density at radius 3 is 1.40 bits per heavy atom. The van der Waals surface area contributed by atoms with Crippen LogP contribution in [0.15, 0.2) is 12.2 Å². The molecule has 0 aliphatic heterocycles. The molecule has 0 atom stereocenters. The monoisotopic (exact) mass is 390 g/mol. The van der Waals surface area contributed by atoms with Crippen LogP contribution in [0.2, 0.25) is 0 Å². The summed E-state index contributed by atoms with van der Waals surface area (Å²) in [6.07, 6.45) is 23.2. The van der Waals surface area contributed by atoms with Gasteiger partial charge in [0.2, 0.25) is 0 Å². The van der Waals surface area contributed by atoms with Gasteiger partial charge in [0.05, 0.1) is 0 Å². The molecule has 0 aliphatic rings. The van der Waals surface area contributed by atoms with Gasteiger partial charge in [-0.1, -0.05) is 76.9 Å². The van der Waals surface area contributed by atoms with Crippen LogP contribution < -0.4 is 29.6 Å². The molecule has 0 amide bonds. The average Bonchev–Trinajstić information content (AvgIpc) is 2.49. The van der Waals surface area contributed by atoms with Gasteiger partial charge >= 0.3 is 37.4 Å². The smallest absolute Gasteiger partial charge is 1.00 e. The van der Waals surface area contributed by atoms with E-state index in [1.54, 1.807) is 0 Å². The van der Waals surface area contributed by atoms with Crippen molar-refractivity contribution < 1.29 is 55.3 Å². The van der Waals surface area contributed by atoms with Gasteiger partial charge in [-0.25, -0.2) is 4.57 Å². The first-order chi connectivity index (χ1) is 11.4. The minimum absolute atomic E-state index is 0. The zero-order valence-electron chi connectivity index (χ0n) is 17.4. The van der Waals surface area contributed by atoms with Crippen molar-refractivity contribution in [3.8, 4) is 0 Å². The van der Waals surface area contributed by atoms with Gasteiger partial charge in [-0.3, -0.25) is 0 Å². The molecule has 0 aromatic carbocycles. The topological polar surface area (TPSA) is 98.0 Å². The van der Waals surface area contributed by atoms with Gasteiger partial charge in [0.1, 0.15) is 0 Å². The Labute approximate surface area is 178 Å². The first-order valence-corrected chi connectivity index (χ1v) is 11.0. The van der Waals surface area contributed by atoms with E-state index in [2.05, 4.69) is 19.1 Å². The molecule has 0 saturated heterocycles. The maximum atomic E-state index is 8.88. The summed E-state index contributed by atoms with van der Waals surface area (Å²) in [5, 5.41) is 8.66. The Balaban J connectivity index is -0.000000304. The first-order valence-electron chi connectivity index (χ1n) is 9.46. The second-order valence-electron chi connectivity index (χ2n) is 6.17. The molecular weight excluding hydrogens is 350 g/mol. The normalized spacial score (nSPS) is 11.1. The van der Waals surface area contributed by atoms with Crippen molar-refractivity contribution in [2.24, 2.45) is 0 Å². The Morgan fingerprint density at radius 1 is 0.720 bits per heavy atom. The molecule has 0 aromatic rings. The van der Waals surface area contributed by atoms with Crippen molar-refractivity contribution in [1.29, 1.82) is 0 Å². The van der Waals surface area contributed by atoms with Crippen molar-refractivity contribution >= 4 is 7.82 Å². The van der Waals surface area contributed by atoms with Crippen molar-refractivity contribution in [2.75, 3.05) is 6.61 Å². The summed E-state index contributed by atoms with van der Waals surface area (Å²) < 4.78 is 8.88. The summed E-state index contributed by atoms with van der Waals surface area (Å²) in [7, 11) is -4.64. The zero-order valence-corrected chi connectivity index (χ0v) is 19.3. The fourth-order valence-electron chi connectivity index (χ4n) is 2.36. The number of aliphatic hydroxyl groups is 1. The molecular formula is C18H40NaO5P. The first kappa shape index (κ1) is 30.5. The summed E-state index contributed by atoms with van der Waals surface area (Å²) in [5.74, 6) is 0. The third-order valence-corrected chi connectivity index (χ3v) is 3.67. The van der Waals surface area contributed by atoms with Gasteiger partial charge in [-0.2, -0.15) is 0 Å². The molecule has 4 N–H and O–H groups in total. The van der Waals surface area contributed by atoms with E-state index >= 15 is 0 Å². The SMILES string of the molecule is CCCCCCCC/C=C\CCCCCCCCO.O=P(O)(O)O.[H-].[Na+]. The van der Waals surface area contributed by atoms with E-state index in [9.17, 15) is 0 Å². The van der Waals surface area contributed by atoms with E-state index in [0.717, 1.165) is 6.42 Å². The van der Waals surface area contributed by atoms with E-state index in [-0.39, 0.29) is 31.0 Å².